The molecule has 62 heavy (non-hydrogen) atoms. The maximum atomic E-state index is 12.9. The van der Waals surface area contributed by atoms with Crippen molar-refractivity contribution in [2.24, 2.45) is 0 Å². The number of nitrogens with zero attached hydrogens (tertiary/aromatic N) is 4. The molecule has 20 N–H and O–H groups in total. The summed E-state index contributed by atoms with van der Waals surface area (Å²) in [5.41, 5.74) is -10.6. The zero-order valence-electron chi connectivity index (χ0n) is 32.1. The second kappa shape index (κ2) is 23.5. The fourth-order valence-electron chi connectivity index (χ4n) is 7.19. The molecule has 40 heteroatoms. The van der Waals surface area contributed by atoms with Crippen molar-refractivity contribution < 1.29 is 135 Å². The summed E-state index contributed by atoms with van der Waals surface area (Å²) in [5.74, 6) is -10.9. The Labute approximate surface area is 352 Å². The molecule has 0 amide bonds. The summed E-state index contributed by atoms with van der Waals surface area (Å²) in [6.07, 6.45) is -1.56. The van der Waals surface area contributed by atoms with Crippen molar-refractivity contribution in [2.45, 2.75) is 58.6 Å². The van der Waals surface area contributed by atoms with Crippen molar-refractivity contribution in [3.8, 4) is 0 Å². The van der Waals surface area contributed by atoms with E-state index in [4.69, 9.17) is 0 Å². The van der Waals surface area contributed by atoms with Crippen LogP contribution in [0.3, 0.4) is 0 Å². The lowest BCUT2D eigenvalue weighted by atomic mass is 10.2. The first-order valence-corrected chi connectivity index (χ1v) is 31.0. The number of aliphatic hydroxyl groups excluding tert-OH is 4. The van der Waals surface area contributed by atoms with Gasteiger partial charge in [0.2, 0.25) is 0 Å². The van der Waals surface area contributed by atoms with E-state index in [0.29, 0.717) is 19.6 Å². The largest absolute Gasteiger partial charge is 0.395 e. The summed E-state index contributed by atoms with van der Waals surface area (Å²) in [6.45, 7) is -14.7. The lowest BCUT2D eigenvalue weighted by Crippen LogP contribution is -2.54. The van der Waals surface area contributed by atoms with Crippen LogP contribution >= 0.6 is 60.8 Å². The van der Waals surface area contributed by atoms with E-state index in [-0.39, 0.29) is 0 Å². The predicted octanol–water partition coefficient (Wildman–Crippen LogP) is -5.84. The SMILES string of the molecule is O=P(O)(O)C(CO)C(N1CCCN(C(C(CO)P(=O)(O)O)P(=O)(O)O)CCN(C(C(CO)P(=O)(O)O)P(=O)(O)O)CCCN(C(C(CO)P(=O)(O)O)P(=O)(O)O)CC1)P(=O)(O)O. The first kappa shape index (κ1) is 60.9. The Kier molecular flexibility index (Phi) is 23.0. The number of hydrogen-bond donors (Lipinski definition) is 20. The van der Waals surface area contributed by atoms with Crippen LogP contribution in [0.5, 0.6) is 0 Å². The van der Waals surface area contributed by atoms with Gasteiger partial charge in [0, 0.05) is 52.4 Å². The molecule has 0 saturated carbocycles. The molecule has 1 aliphatic heterocycles. The normalized spacial score (nSPS) is 22.5. The first-order valence-electron chi connectivity index (χ1n) is 17.5. The molecule has 0 aromatic rings. The van der Waals surface area contributed by atoms with Gasteiger partial charge in [-0.1, -0.05) is 0 Å². The van der Waals surface area contributed by atoms with Crippen LogP contribution in [-0.4, -0.2) is 243 Å². The average molecular weight is 1070 g/mol. The van der Waals surface area contributed by atoms with Gasteiger partial charge < -0.3 is 98.7 Å². The molecule has 32 nitrogen and oxygen atoms in total. The van der Waals surface area contributed by atoms with Crippen LogP contribution in [0.15, 0.2) is 0 Å². The van der Waals surface area contributed by atoms with Crippen LogP contribution in [0, 0.1) is 0 Å². The predicted molar refractivity (Wildman–Crippen MR) is 211 cm³/mol. The molecule has 0 aromatic heterocycles. The second-order valence-corrected chi connectivity index (χ2v) is 28.4. The van der Waals surface area contributed by atoms with Crippen LogP contribution in [-0.2, 0) is 36.5 Å². The van der Waals surface area contributed by atoms with Gasteiger partial charge in [-0.25, -0.2) is 0 Å². The molecule has 1 aliphatic rings. The van der Waals surface area contributed by atoms with E-state index in [0.717, 1.165) is 0 Å². The molecule has 0 aliphatic carbocycles. The Morgan fingerprint density at radius 1 is 0.274 bits per heavy atom. The third kappa shape index (κ3) is 17.8. The van der Waals surface area contributed by atoms with Gasteiger partial charge in [-0.05, 0) is 12.8 Å². The monoisotopic (exact) mass is 1070 g/mol. The van der Waals surface area contributed by atoms with Gasteiger partial charge >= 0.3 is 60.8 Å². The van der Waals surface area contributed by atoms with E-state index in [9.17, 15) is 135 Å². The molecule has 8 unspecified atom stereocenters. The first-order chi connectivity index (χ1) is 27.7. The van der Waals surface area contributed by atoms with Crippen LogP contribution < -0.4 is 0 Å². The van der Waals surface area contributed by atoms with E-state index < -0.39 is 198 Å². The molecular weight excluding hydrogens is 1020 g/mol. The lowest BCUT2D eigenvalue weighted by Gasteiger charge is -2.43. The van der Waals surface area contributed by atoms with Crippen molar-refractivity contribution >= 4 is 60.8 Å². The Morgan fingerprint density at radius 2 is 0.419 bits per heavy atom. The highest BCUT2D eigenvalue weighted by molar-refractivity contribution is 7.58. The quantitative estimate of drug-likeness (QED) is 0.0505. The van der Waals surface area contributed by atoms with Crippen molar-refractivity contribution in [1.82, 2.24) is 19.6 Å². The maximum absolute atomic E-state index is 12.9. The van der Waals surface area contributed by atoms with Crippen LogP contribution in [0.4, 0.5) is 0 Å². The topological polar surface area (TPSA) is 554 Å². The molecule has 8 atom stereocenters. The van der Waals surface area contributed by atoms with Gasteiger partial charge in [0.05, 0.1) is 26.4 Å². The van der Waals surface area contributed by atoms with Crippen molar-refractivity contribution in [2.75, 3.05) is 78.8 Å². The number of hydrogen-bond acceptors (Lipinski definition) is 16. The molecule has 0 spiro atoms. The van der Waals surface area contributed by atoms with E-state index in [2.05, 4.69) is 0 Å². The summed E-state index contributed by atoms with van der Waals surface area (Å²) in [5, 5.41) is 39.8. The molecule has 0 radical (unpaired) electrons. The highest BCUT2D eigenvalue weighted by atomic mass is 31.2. The molecule has 1 saturated heterocycles. The van der Waals surface area contributed by atoms with Crippen LogP contribution in [0.1, 0.15) is 12.8 Å². The molecule has 372 valence electrons. The summed E-state index contributed by atoms with van der Waals surface area (Å²) in [7, 11) is -46.6. The average Bonchev–Trinajstić information content (AvgIpc) is 3.04. The molecular formula is C22H56N4O28P8. The van der Waals surface area contributed by atoms with Crippen molar-refractivity contribution in [1.29, 1.82) is 0 Å². The van der Waals surface area contributed by atoms with Gasteiger partial charge in [0.15, 0.2) is 0 Å². The van der Waals surface area contributed by atoms with E-state index in [1.165, 1.54) is 0 Å². The Hall–Kier alpha value is 0.880. The highest BCUT2D eigenvalue weighted by Gasteiger charge is 2.53. The molecule has 0 bridgehead atoms. The number of rotatable bonds is 20. The zero-order valence-corrected chi connectivity index (χ0v) is 39.3. The highest BCUT2D eigenvalue weighted by Crippen LogP contribution is 2.59. The third-order valence-corrected chi connectivity index (χ3v) is 21.5. The number of aliphatic hydroxyl groups is 4. The summed E-state index contributed by atoms with van der Waals surface area (Å²) >= 11 is 0. The van der Waals surface area contributed by atoms with E-state index >= 15 is 0 Å². The fourth-order valence-corrected chi connectivity index (χ4v) is 19.2. The van der Waals surface area contributed by atoms with Gasteiger partial charge in [-0.15, -0.1) is 0 Å². The minimum atomic E-state index is -5.90. The minimum Gasteiger partial charge on any atom is -0.395 e. The smallest absolute Gasteiger partial charge is 0.343 e. The Balaban J connectivity index is 4.40. The Morgan fingerprint density at radius 3 is 0.516 bits per heavy atom. The molecule has 0 aromatic carbocycles. The molecule has 1 rings (SSSR count). The van der Waals surface area contributed by atoms with E-state index in [1.807, 2.05) is 0 Å². The zero-order chi connectivity index (χ0) is 48.8. The summed E-state index contributed by atoms with van der Waals surface area (Å²) < 4.78 is 102. The fraction of sp³-hybridized carbons (Fsp3) is 1.00. The van der Waals surface area contributed by atoms with Gasteiger partial charge in [-0.3, -0.25) is 56.1 Å². The van der Waals surface area contributed by atoms with Crippen LogP contribution in [0.25, 0.3) is 0 Å². The van der Waals surface area contributed by atoms with Gasteiger partial charge in [-0.2, -0.15) is 0 Å². The summed E-state index contributed by atoms with van der Waals surface area (Å²) in [6, 6.07) is 0. The van der Waals surface area contributed by atoms with Crippen molar-refractivity contribution in [3.63, 3.8) is 0 Å². The molecule has 1 heterocycles. The van der Waals surface area contributed by atoms with Gasteiger partial charge in [0.1, 0.15) is 45.8 Å². The van der Waals surface area contributed by atoms with Crippen molar-refractivity contribution in [3.05, 3.63) is 0 Å². The van der Waals surface area contributed by atoms with Gasteiger partial charge in [0.25, 0.3) is 0 Å². The standard InChI is InChI=1S/C22H56N4O28P8/c27-11-15(55(31,32)33)19(59(43,44)45)23-3-1-4-24(20(60(46,47)48)16(12-28)56(34,35)36)8-10-26(22(62(52,53)54)18(14-30)58(40,41)42)6-2-5-25(9-7-23)21(61(49,50)51)17(13-29)57(37,38)39/h15-22,27-30H,1-14H2,(H2,31,32,33)(H2,34,35,36)(H2,37,38,39)(H2,40,41,42)(H2,43,44,45)(H2,46,47,48)(H2,49,50,51)(H2,52,53,54). The molecule has 1 fully saturated rings. The maximum Gasteiger partial charge on any atom is 0.343 e. The Bertz CT molecular complexity index is 1580. The third-order valence-electron chi connectivity index (χ3n) is 9.86. The second-order valence-electron chi connectivity index (χ2n) is 14.2. The summed E-state index contributed by atoms with van der Waals surface area (Å²) in [4.78, 5) is 165. The van der Waals surface area contributed by atoms with Crippen LogP contribution in [0.2, 0.25) is 0 Å². The minimum absolute atomic E-state index is 0.515. The van der Waals surface area contributed by atoms with E-state index in [1.54, 1.807) is 0 Å². The lowest BCUT2D eigenvalue weighted by molar-refractivity contribution is 0.0957.